The number of methoxy groups -OCH3 is 1. The van der Waals surface area contributed by atoms with Crippen LogP contribution >= 0.6 is 0 Å². The highest BCUT2D eigenvalue weighted by Gasteiger charge is 2.25. The van der Waals surface area contributed by atoms with Gasteiger partial charge in [0.05, 0.1) is 7.11 Å². The van der Waals surface area contributed by atoms with Crippen molar-refractivity contribution in [3.05, 3.63) is 35.4 Å². The van der Waals surface area contributed by atoms with E-state index in [1.165, 1.54) is 14.0 Å². The molecule has 0 aromatic heterocycles. The first-order valence-corrected chi connectivity index (χ1v) is 8.20. The number of ketones is 2. The van der Waals surface area contributed by atoms with E-state index in [2.05, 4.69) is 5.32 Å². The quantitative estimate of drug-likeness (QED) is 0.588. The molecule has 0 fully saturated rings. The highest BCUT2D eigenvalue weighted by atomic mass is 16.6. The summed E-state index contributed by atoms with van der Waals surface area (Å²) in [6, 6.07) is 5.97. The number of ether oxygens (including phenoxy) is 2. The molecule has 0 radical (unpaired) electrons. The van der Waals surface area contributed by atoms with Gasteiger partial charge in [-0.05, 0) is 31.9 Å². The van der Waals surface area contributed by atoms with Gasteiger partial charge in [-0.2, -0.15) is 0 Å². The number of Topliss-reactive ketones (excluding diaryl/α,β-unsaturated/α-hetero) is 2. The van der Waals surface area contributed by atoms with Gasteiger partial charge in [-0.3, -0.25) is 9.59 Å². The van der Waals surface area contributed by atoms with Gasteiger partial charge in [-0.15, -0.1) is 0 Å². The fourth-order valence-corrected chi connectivity index (χ4v) is 2.12. The standard InChI is InChI=1S/C19H25NO6/c1-12(21)16(22)11-14-8-6-13(7-9-14)10-15(17(23)25-5)20-18(24)26-19(2,3)4/h6-9,15H,10-11H2,1-5H3,(H,20,24). The molecule has 7 heteroatoms. The Labute approximate surface area is 153 Å². The first-order chi connectivity index (χ1) is 12.0. The van der Waals surface area contributed by atoms with Crippen LogP contribution in [0.5, 0.6) is 0 Å². The molecule has 0 saturated carbocycles. The summed E-state index contributed by atoms with van der Waals surface area (Å²) in [7, 11) is 1.24. The van der Waals surface area contributed by atoms with Gasteiger partial charge in [0.2, 0.25) is 5.78 Å². The maximum absolute atomic E-state index is 11.9. The topological polar surface area (TPSA) is 98.8 Å². The Bertz CT molecular complexity index is 672. The van der Waals surface area contributed by atoms with Gasteiger partial charge in [0.1, 0.15) is 11.6 Å². The number of benzene rings is 1. The molecule has 1 atom stereocenters. The summed E-state index contributed by atoms with van der Waals surface area (Å²) < 4.78 is 9.89. The maximum Gasteiger partial charge on any atom is 0.408 e. The highest BCUT2D eigenvalue weighted by molar-refractivity contribution is 6.36. The molecule has 0 bridgehead atoms. The molecule has 7 nitrogen and oxygen atoms in total. The zero-order valence-corrected chi connectivity index (χ0v) is 15.8. The Morgan fingerprint density at radius 1 is 1.04 bits per heavy atom. The van der Waals surface area contributed by atoms with Crippen molar-refractivity contribution in [2.45, 2.75) is 52.2 Å². The number of rotatable bonds is 7. The van der Waals surface area contributed by atoms with Gasteiger partial charge < -0.3 is 14.8 Å². The van der Waals surface area contributed by atoms with Crippen LogP contribution in [0.2, 0.25) is 0 Å². The van der Waals surface area contributed by atoms with Crippen molar-refractivity contribution in [2.75, 3.05) is 7.11 Å². The molecule has 0 aliphatic rings. The molecule has 26 heavy (non-hydrogen) atoms. The predicted molar refractivity (Wildman–Crippen MR) is 94.7 cm³/mol. The minimum absolute atomic E-state index is 0.0339. The van der Waals surface area contributed by atoms with E-state index < -0.39 is 35.3 Å². The molecule has 1 unspecified atom stereocenters. The smallest absolute Gasteiger partial charge is 0.408 e. The number of esters is 1. The fourth-order valence-electron chi connectivity index (χ4n) is 2.12. The molecule has 1 N–H and O–H groups in total. The Kier molecular flexibility index (Phi) is 7.49. The van der Waals surface area contributed by atoms with E-state index in [-0.39, 0.29) is 12.8 Å². The number of nitrogens with one attached hydrogen (secondary N) is 1. The number of hydrogen-bond donors (Lipinski definition) is 1. The largest absolute Gasteiger partial charge is 0.467 e. The zero-order chi connectivity index (χ0) is 19.9. The molecule has 0 aliphatic heterocycles. The molecule has 0 spiro atoms. The fraction of sp³-hybridized carbons (Fsp3) is 0.474. The second-order valence-corrected chi connectivity index (χ2v) is 6.90. The third-order valence-corrected chi connectivity index (χ3v) is 3.40. The molecule has 1 aromatic carbocycles. The van der Waals surface area contributed by atoms with Crippen LogP contribution in [0.1, 0.15) is 38.8 Å². The Morgan fingerprint density at radius 3 is 2.04 bits per heavy atom. The summed E-state index contributed by atoms with van der Waals surface area (Å²) in [4.78, 5) is 46.3. The predicted octanol–water partition coefficient (Wildman–Crippen LogP) is 2.00. The summed E-state index contributed by atoms with van der Waals surface area (Å²) in [5, 5.41) is 2.50. The van der Waals surface area contributed by atoms with Gasteiger partial charge in [-0.25, -0.2) is 9.59 Å². The van der Waals surface area contributed by atoms with Crippen LogP contribution in [0.4, 0.5) is 4.79 Å². The molecule has 1 rings (SSSR count). The molecule has 0 saturated heterocycles. The number of carbonyl (C=O) groups is 4. The summed E-state index contributed by atoms with van der Waals surface area (Å²) in [6.45, 7) is 6.41. The SMILES string of the molecule is COC(=O)C(Cc1ccc(CC(=O)C(C)=O)cc1)NC(=O)OC(C)(C)C. The lowest BCUT2D eigenvalue weighted by molar-refractivity contribution is -0.143. The Hall–Kier alpha value is -2.70. The van der Waals surface area contributed by atoms with Gasteiger partial charge in [0.15, 0.2) is 5.78 Å². The molecular formula is C19H25NO6. The lowest BCUT2D eigenvalue weighted by atomic mass is 10.0. The van der Waals surface area contributed by atoms with Crippen molar-refractivity contribution in [2.24, 2.45) is 0 Å². The number of carbonyl (C=O) groups excluding carboxylic acids is 4. The van der Waals surface area contributed by atoms with Crippen molar-refractivity contribution in [3.63, 3.8) is 0 Å². The van der Waals surface area contributed by atoms with Crippen LogP contribution in [0.25, 0.3) is 0 Å². The molecule has 0 heterocycles. The van der Waals surface area contributed by atoms with Crippen molar-refractivity contribution in [1.29, 1.82) is 0 Å². The van der Waals surface area contributed by atoms with E-state index in [4.69, 9.17) is 9.47 Å². The maximum atomic E-state index is 11.9. The number of amides is 1. The number of hydrogen-bond acceptors (Lipinski definition) is 6. The lowest BCUT2D eigenvalue weighted by Gasteiger charge is -2.22. The third kappa shape index (κ3) is 7.46. The summed E-state index contributed by atoms with van der Waals surface area (Å²) >= 11 is 0. The van der Waals surface area contributed by atoms with Crippen molar-refractivity contribution in [3.8, 4) is 0 Å². The van der Waals surface area contributed by atoms with Gasteiger partial charge >= 0.3 is 12.1 Å². The first kappa shape index (κ1) is 21.3. The van der Waals surface area contributed by atoms with Crippen molar-refractivity contribution in [1.82, 2.24) is 5.32 Å². The van der Waals surface area contributed by atoms with E-state index >= 15 is 0 Å². The molecule has 0 aliphatic carbocycles. The van der Waals surface area contributed by atoms with E-state index in [0.717, 1.165) is 5.56 Å². The average Bonchev–Trinajstić information content (AvgIpc) is 2.53. The molecule has 1 amide bonds. The van der Waals surface area contributed by atoms with E-state index in [1.54, 1.807) is 45.0 Å². The van der Waals surface area contributed by atoms with Crippen LogP contribution in [-0.4, -0.2) is 42.4 Å². The van der Waals surface area contributed by atoms with Crippen LogP contribution < -0.4 is 5.32 Å². The summed E-state index contributed by atoms with van der Waals surface area (Å²) in [5.41, 5.74) is 0.773. The second kappa shape index (κ2) is 9.12. The van der Waals surface area contributed by atoms with Gasteiger partial charge in [0.25, 0.3) is 0 Å². The van der Waals surface area contributed by atoms with Crippen molar-refractivity contribution >= 4 is 23.6 Å². The normalized spacial score (nSPS) is 12.0. The minimum Gasteiger partial charge on any atom is -0.467 e. The first-order valence-electron chi connectivity index (χ1n) is 8.20. The Morgan fingerprint density at radius 2 is 1.58 bits per heavy atom. The monoisotopic (exact) mass is 363 g/mol. The van der Waals surface area contributed by atoms with Gasteiger partial charge in [-0.1, -0.05) is 24.3 Å². The number of alkyl carbamates (subject to hydrolysis) is 1. The van der Waals surface area contributed by atoms with Gasteiger partial charge in [0, 0.05) is 19.8 Å². The van der Waals surface area contributed by atoms with Crippen LogP contribution in [0, 0.1) is 0 Å². The summed E-state index contributed by atoms with van der Waals surface area (Å²) in [6.07, 6.45) is -0.476. The van der Waals surface area contributed by atoms with Crippen molar-refractivity contribution < 1.29 is 28.7 Å². The minimum atomic E-state index is -0.903. The highest BCUT2D eigenvalue weighted by Crippen LogP contribution is 2.11. The second-order valence-electron chi connectivity index (χ2n) is 6.90. The van der Waals surface area contributed by atoms with Crippen LogP contribution in [0.3, 0.4) is 0 Å². The summed E-state index contributed by atoms with van der Waals surface area (Å²) in [5.74, 6) is -1.54. The van der Waals surface area contributed by atoms with E-state index in [0.29, 0.717) is 5.56 Å². The van der Waals surface area contributed by atoms with E-state index in [9.17, 15) is 19.2 Å². The lowest BCUT2D eigenvalue weighted by Crippen LogP contribution is -2.45. The Balaban J connectivity index is 2.79. The molecular weight excluding hydrogens is 338 g/mol. The average molecular weight is 363 g/mol. The zero-order valence-electron chi connectivity index (χ0n) is 15.8. The van der Waals surface area contributed by atoms with Crippen LogP contribution in [0.15, 0.2) is 24.3 Å². The molecule has 1 aromatic rings. The third-order valence-electron chi connectivity index (χ3n) is 3.40. The van der Waals surface area contributed by atoms with Crippen LogP contribution in [-0.2, 0) is 36.7 Å². The molecule has 142 valence electrons. The van der Waals surface area contributed by atoms with E-state index in [1.807, 2.05) is 0 Å².